The van der Waals surface area contributed by atoms with Crippen molar-refractivity contribution in [3.63, 3.8) is 0 Å². The van der Waals surface area contributed by atoms with Crippen molar-refractivity contribution >= 4 is 11.6 Å². The van der Waals surface area contributed by atoms with Crippen LogP contribution in [0.3, 0.4) is 0 Å². The normalized spacial score (nSPS) is 23.0. The van der Waals surface area contributed by atoms with E-state index in [2.05, 4.69) is 42.5 Å². The number of carbonyl (C=O) groups excluding carboxylic acids is 1. The van der Waals surface area contributed by atoms with Gasteiger partial charge in [-0.05, 0) is 41.7 Å². The zero-order valence-corrected chi connectivity index (χ0v) is 15.0. The maximum absolute atomic E-state index is 13.2. The van der Waals surface area contributed by atoms with Gasteiger partial charge >= 0.3 is 0 Å². The molecule has 1 saturated heterocycles. The molecule has 2 aliphatic heterocycles. The minimum atomic E-state index is -0.454. The maximum atomic E-state index is 13.2. The molecule has 134 valence electrons. The molecule has 2 heterocycles. The molecule has 26 heavy (non-hydrogen) atoms. The Morgan fingerprint density at radius 2 is 1.58 bits per heavy atom. The number of hydrogen-bond acceptors (Lipinski definition) is 3. The summed E-state index contributed by atoms with van der Waals surface area (Å²) in [6.07, 6.45) is 3.12. The molecule has 0 unspecified atom stereocenters. The van der Waals surface area contributed by atoms with E-state index in [-0.39, 0.29) is 5.91 Å². The van der Waals surface area contributed by atoms with Gasteiger partial charge < -0.3 is 14.4 Å². The van der Waals surface area contributed by atoms with Crippen LogP contribution in [-0.2, 0) is 19.7 Å². The molecule has 4 nitrogen and oxygen atoms in total. The molecular formula is C22H23NO3. The number of benzene rings is 2. The summed E-state index contributed by atoms with van der Waals surface area (Å²) >= 11 is 0. The van der Waals surface area contributed by atoms with Crippen molar-refractivity contribution in [3.8, 4) is 11.1 Å². The SMILES string of the molecule is CN1C(=O)C2(CCC3(CC2)OCCO3)c2cc(-c3ccccc3)ccc21. The smallest absolute Gasteiger partial charge is 0.237 e. The van der Waals surface area contributed by atoms with Crippen LogP contribution in [0.2, 0.25) is 0 Å². The number of likely N-dealkylation sites (N-methyl/N-ethyl adjacent to an activating group) is 1. The Kier molecular flexibility index (Phi) is 3.49. The Morgan fingerprint density at radius 3 is 2.27 bits per heavy atom. The van der Waals surface area contributed by atoms with Crippen molar-refractivity contribution in [1.82, 2.24) is 0 Å². The Bertz CT molecular complexity index is 845. The molecule has 2 aromatic carbocycles. The lowest BCUT2D eigenvalue weighted by Crippen LogP contribution is -2.47. The van der Waals surface area contributed by atoms with E-state index in [4.69, 9.17) is 9.47 Å². The molecule has 0 aromatic heterocycles. The Morgan fingerprint density at radius 1 is 0.885 bits per heavy atom. The van der Waals surface area contributed by atoms with Crippen molar-refractivity contribution in [2.24, 2.45) is 0 Å². The summed E-state index contributed by atoms with van der Waals surface area (Å²) in [6, 6.07) is 16.8. The first-order valence-corrected chi connectivity index (χ1v) is 9.40. The van der Waals surface area contributed by atoms with Gasteiger partial charge in [0.1, 0.15) is 0 Å². The fourth-order valence-corrected chi connectivity index (χ4v) is 4.89. The van der Waals surface area contributed by atoms with Gasteiger partial charge in [0.2, 0.25) is 5.91 Å². The molecule has 0 atom stereocenters. The third-order valence-electron chi connectivity index (χ3n) is 6.37. The van der Waals surface area contributed by atoms with E-state index in [0.717, 1.165) is 31.4 Å². The van der Waals surface area contributed by atoms with Crippen molar-refractivity contribution < 1.29 is 14.3 Å². The molecule has 0 bridgehead atoms. The first-order chi connectivity index (χ1) is 12.6. The third kappa shape index (κ3) is 2.19. The van der Waals surface area contributed by atoms with E-state index in [1.165, 1.54) is 16.7 Å². The number of hydrogen-bond donors (Lipinski definition) is 0. The van der Waals surface area contributed by atoms with Crippen LogP contribution in [0.15, 0.2) is 48.5 Å². The number of amides is 1. The summed E-state index contributed by atoms with van der Waals surface area (Å²) in [7, 11) is 1.89. The average molecular weight is 349 g/mol. The molecule has 4 heteroatoms. The first kappa shape index (κ1) is 16.0. The van der Waals surface area contributed by atoms with Crippen molar-refractivity contribution in [2.75, 3.05) is 25.2 Å². The molecule has 1 aliphatic carbocycles. The van der Waals surface area contributed by atoms with Crippen LogP contribution in [0.1, 0.15) is 31.2 Å². The lowest BCUT2D eigenvalue weighted by molar-refractivity contribution is -0.185. The highest BCUT2D eigenvalue weighted by atomic mass is 16.7. The number of nitrogens with zero attached hydrogens (tertiary/aromatic N) is 1. The summed E-state index contributed by atoms with van der Waals surface area (Å²) in [5.41, 5.74) is 4.12. The second-order valence-corrected chi connectivity index (χ2v) is 7.65. The van der Waals surface area contributed by atoms with Gasteiger partial charge in [-0.1, -0.05) is 36.4 Å². The molecule has 3 aliphatic rings. The zero-order valence-electron chi connectivity index (χ0n) is 15.0. The molecular weight excluding hydrogens is 326 g/mol. The second kappa shape index (κ2) is 5.66. The minimum absolute atomic E-state index is 0.213. The number of ether oxygens (including phenoxy) is 2. The quantitative estimate of drug-likeness (QED) is 0.784. The van der Waals surface area contributed by atoms with E-state index in [1.807, 2.05) is 18.0 Å². The Balaban J connectivity index is 1.56. The highest BCUT2D eigenvalue weighted by molar-refractivity contribution is 6.08. The molecule has 2 spiro atoms. The maximum Gasteiger partial charge on any atom is 0.237 e. The summed E-state index contributed by atoms with van der Waals surface area (Å²) in [5.74, 6) is -0.241. The monoisotopic (exact) mass is 349 g/mol. The second-order valence-electron chi connectivity index (χ2n) is 7.65. The molecule has 1 amide bonds. The van der Waals surface area contributed by atoms with Crippen LogP contribution in [0.5, 0.6) is 0 Å². The van der Waals surface area contributed by atoms with Gasteiger partial charge in [-0.25, -0.2) is 0 Å². The largest absolute Gasteiger partial charge is 0.348 e. The standard InChI is InChI=1S/C22H23NO3/c1-23-19-8-7-17(16-5-3-2-4-6-16)15-18(19)21(20(23)24)9-11-22(12-10-21)25-13-14-26-22/h2-8,15H,9-14H2,1H3. The molecule has 1 saturated carbocycles. The number of fused-ring (bicyclic) bond motifs is 2. The third-order valence-corrected chi connectivity index (χ3v) is 6.37. The zero-order chi connectivity index (χ0) is 17.8. The summed E-state index contributed by atoms with van der Waals surface area (Å²) in [5, 5.41) is 0. The highest BCUT2D eigenvalue weighted by Gasteiger charge is 2.55. The Labute approximate surface area is 153 Å². The van der Waals surface area contributed by atoms with Gasteiger partial charge in [-0.2, -0.15) is 0 Å². The van der Waals surface area contributed by atoms with E-state index < -0.39 is 11.2 Å². The van der Waals surface area contributed by atoms with E-state index in [9.17, 15) is 4.79 Å². The van der Waals surface area contributed by atoms with Crippen LogP contribution in [0.4, 0.5) is 5.69 Å². The van der Waals surface area contributed by atoms with E-state index in [0.29, 0.717) is 13.2 Å². The first-order valence-electron chi connectivity index (χ1n) is 9.40. The van der Waals surface area contributed by atoms with Gasteiger partial charge in [-0.15, -0.1) is 0 Å². The average Bonchev–Trinajstić information content (AvgIpc) is 3.23. The number of anilines is 1. The predicted molar refractivity (Wildman–Crippen MR) is 100 cm³/mol. The van der Waals surface area contributed by atoms with E-state index >= 15 is 0 Å². The minimum Gasteiger partial charge on any atom is -0.348 e. The van der Waals surface area contributed by atoms with Gasteiger partial charge in [0.25, 0.3) is 0 Å². The number of rotatable bonds is 1. The molecule has 2 fully saturated rings. The van der Waals surface area contributed by atoms with Crippen LogP contribution < -0.4 is 4.90 Å². The van der Waals surface area contributed by atoms with Crippen LogP contribution in [0, 0.1) is 0 Å². The molecule has 5 rings (SSSR count). The highest BCUT2D eigenvalue weighted by Crippen LogP contribution is 2.53. The fourth-order valence-electron chi connectivity index (χ4n) is 4.89. The van der Waals surface area contributed by atoms with Gasteiger partial charge in [0.05, 0.1) is 18.6 Å². The van der Waals surface area contributed by atoms with Crippen molar-refractivity contribution in [2.45, 2.75) is 36.9 Å². The fraction of sp³-hybridized carbons (Fsp3) is 0.409. The van der Waals surface area contributed by atoms with Gasteiger partial charge in [0, 0.05) is 25.6 Å². The van der Waals surface area contributed by atoms with Crippen LogP contribution in [0.25, 0.3) is 11.1 Å². The predicted octanol–water partition coefficient (Wildman–Crippen LogP) is 3.88. The topological polar surface area (TPSA) is 38.8 Å². The van der Waals surface area contributed by atoms with Gasteiger partial charge in [-0.3, -0.25) is 4.79 Å². The molecule has 0 N–H and O–H groups in total. The van der Waals surface area contributed by atoms with Crippen molar-refractivity contribution in [3.05, 3.63) is 54.1 Å². The van der Waals surface area contributed by atoms with Gasteiger partial charge in [0.15, 0.2) is 5.79 Å². The summed E-state index contributed by atoms with van der Waals surface area (Å²) < 4.78 is 11.8. The lowest BCUT2D eigenvalue weighted by atomic mass is 9.68. The summed E-state index contributed by atoms with van der Waals surface area (Å²) in [4.78, 5) is 15.1. The van der Waals surface area contributed by atoms with E-state index in [1.54, 1.807) is 0 Å². The number of carbonyl (C=O) groups is 1. The summed E-state index contributed by atoms with van der Waals surface area (Å²) in [6.45, 7) is 1.32. The van der Waals surface area contributed by atoms with Crippen LogP contribution in [-0.4, -0.2) is 32.0 Å². The van der Waals surface area contributed by atoms with Crippen LogP contribution >= 0.6 is 0 Å². The Hall–Kier alpha value is -2.17. The molecule has 0 radical (unpaired) electrons. The lowest BCUT2D eigenvalue weighted by Gasteiger charge is -2.40. The molecule has 2 aromatic rings. The van der Waals surface area contributed by atoms with Crippen molar-refractivity contribution in [1.29, 1.82) is 0 Å².